The molecule has 0 aliphatic heterocycles. The number of unbranched alkanes of at least 4 members (excludes halogenated alkanes) is 31. The summed E-state index contributed by atoms with van der Waals surface area (Å²) in [5.74, 6) is -0.884. The summed E-state index contributed by atoms with van der Waals surface area (Å²) in [6.45, 7) is 6.51. The second-order valence-corrected chi connectivity index (χ2v) is 17.1. The molecule has 0 aliphatic carbocycles. The largest absolute Gasteiger partial charge is 0.462 e. The Kier molecular flexibility index (Phi) is 46.4. The van der Waals surface area contributed by atoms with Gasteiger partial charge in [0.25, 0.3) is 0 Å². The fourth-order valence-corrected chi connectivity index (χ4v) is 7.38. The highest BCUT2D eigenvalue weighted by Gasteiger charge is 2.19. The lowest BCUT2D eigenvalue weighted by molar-refractivity contribution is -0.167. The van der Waals surface area contributed by atoms with E-state index in [-0.39, 0.29) is 31.1 Å². The van der Waals surface area contributed by atoms with Crippen molar-refractivity contribution in [2.75, 3.05) is 13.2 Å². The van der Waals surface area contributed by atoms with Gasteiger partial charge in [-0.3, -0.25) is 14.4 Å². The summed E-state index contributed by atoms with van der Waals surface area (Å²) in [7, 11) is 0. The smallest absolute Gasteiger partial charge is 0.306 e. The molecule has 0 saturated carbocycles. The summed E-state index contributed by atoms with van der Waals surface area (Å²) >= 11 is 0. The van der Waals surface area contributed by atoms with Gasteiger partial charge in [-0.25, -0.2) is 0 Å². The van der Waals surface area contributed by atoms with Gasteiger partial charge in [-0.1, -0.05) is 243 Å². The molecule has 1 atom stereocenters. The number of esters is 3. The Morgan fingerprint density at radius 3 is 1.02 bits per heavy atom. The number of hydrogen-bond acceptors (Lipinski definition) is 6. The maximum atomic E-state index is 12.8. The molecule has 0 aromatic heterocycles. The lowest BCUT2D eigenvalue weighted by atomic mass is 10.0. The normalized spacial score (nSPS) is 12.3. The van der Waals surface area contributed by atoms with Crippen LogP contribution in [0.2, 0.25) is 0 Å². The Bertz CT molecular complexity index is 1000. The van der Waals surface area contributed by atoms with Crippen LogP contribution in [0, 0.1) is 0 Å². The molecule has 6 heteroatoms. The van der Waals surface area contributed by atoms with Crippen LogP contribution in [0.3, 0.4) is 0 Å². The standard InChI is InChI=1S/C53H96O6/c1-4-7-10-13-16-19-22-25-28-31-34-37-40-43-46-52(55)58-49-50(48-57-51(54)45-42-39-36-33-30-27-24-21-18-15-12-9-6-3)59-53(56)47-44-41-38-35-32-29-26-23-20-17-14-11-8-5-2/h9,12,15,18,21,24,50H,4-8,10-11,13-14,16-17,19-20,22-23,25-49H2,1-3H3/b12-9+,18-15+,24-21+. The highest BCUT2D eigenvalue weighted by atomic mass is 16.6. The molecule has 0 heterocycles. The van der Waals surface area contributed by atoms with Crippen molar-refractivity contribution >= 4 is 17.9 Å². The predicted octanol–water partition coefficient (Wildman–Crippen LogP) is 16.5. The van der Waals surface area contributed by atoms with E-state index in [0.29, 0.717) is 19.3 Å². The number of hydrogen-bond donors (Lipinski definition) is 0. The SMILES string of the molecule is CC/C=C/C=C/C=C/CCCCCCCC(=O)OCC(COC(=O)CCCCCCCCCCCCCCCC)OC(=O)CCCCCCCCCCCCCCCC. The first-order valence-electron chi connectivity index (χ1n) is 25.5. The molecule has 0 radical (unpaired) electrons. The van der Waals surface area contributed by atoms with Crippen LogP contribution >= 0.6 is 0 Å². The third kappa shape index (κ3) is 46.5. The fraction of sp³-hybridized carbons (Fsp3) is 0.830. The van der Waals surface area contributed by atoms with Crippen molar-refractivity contribution in [2.24, 2.45) is 0 Å². The third-order valence-corrected chi connectivity index (χ3v) is 11.2. The highest BCUT2D eigenvalue weighted by molar-refractivity contribution is 5.71. The third-order valence-electron chi connectivity index (χ3n) is 11.2. The minimum atomic E-state index is -0.774. The van der Waals surface area contributed by atoms with Crippen LogP contribution in [0.4, 0.5) is 0 Å². The van der Waals surface area contributed by atoms with Crippen LogP contribution in [0.1, 0.15) is 265 Å². The van der Waals surface area contributed by atoms with E-state index in [1.165, 1.54) is 141 Å². The van der Waals surface area contributed by atoms with E-state index < -0.39 is 6.10 Å². The maximum absolute atomic E-state index is 12.8. The van der Waals surface area contributed by atoms with Gasteiger partial charge < -0.3 is 14.2 Å². The number of carbonyl (C=O) groups excluding carboxylic acids is 3. The Balaban J connectivity index is 4.37. The van der Waals surface area contributed by atoms with E-state index in [2.05, 4.69) is 57.2 Å². The van der Waals surface area contributed by atoms with Crippen molar-refractivity contribution in [3.05, 3.63) is 36.5 Å². The zero-order valence-corrected chi connectivity index (χ0v) is 39.3. The second kappa shape index (κ2) is 48.3. The van der Waals surface area contributed by atoms with E-state index in [1.54, 1.807) is 0 Å². The number of rotatable bonds is 46. The molecule has 1 unspecified atom stereocenters. The molecule has 0 N–H and O–H groups in total. The molecule has 59 heavy (non-hydrogen) atoms. The molecule has 0 aromatic carbocycles. The van der Waals surface area contributed by atoms with Gasteiger partial charge in [0.05, 0.1) is 0 Å². The minimum Gasteiger partial charge on any atom is -0.462 e. The summed E-state index contributed by atoms with van der Waals surface area (Å²) in [5, 5.41) is 0. The van der Waals surface area contributed by atoms with Crippen LogP contribution in [-0.2, 0) is 28.6 Å². The molecule has 344 valence electrons. The molecule has 0 bridgehead atoms. The van der Waals surface area contributed by atoms with Gasteiger partial charge >= 0.3 is 17.9 Å². The lowest BCUT2D eigenvalue weighted by Gasteiger charge is -2.18. The fourth-order valence-electron chi connectivity index (χ4n) is 7.38. The van der Waals surface area contributed by atoms with E-state index in [1.807, 2.05) is 0 Å². The molecular formula is C53H96O6. The van der Waals surface area contributed by atoms with Crippen molar-refractivity contribution < 1.29 is 28.6 Å². The Morgan fingerprint density at radius 2 is 0.661 bits per heavy atom. The molecule has 0 saturated heterocycles. The number of carbonyl (C=O) groups is 3. The van der Waals surface area contributed by atoms with Crippen molar-refractivity contribution in [2.45, 2.75) is 271 Å². The molecule has 0 fully saturated rings. The van der Waals surface area contributed by atoms with Crippen LogP contribution in [-0.4, -0.2) is 37.2 Å². The maximum Gasteiger partial charge on any atom is 0.306 e. The van der Waals surface area contributed by atoms with Gasteiger partial charge in [-0.05, 0) is 38.5 Å². The Morgan fingerprint density at radius 1 is 0.356 bits per heavy atom. The summed E-state index contributed by atoms with van der Waals surface area (Å²) in [6.07, 6.45) is 55.5. The van der Waals surface area contributed by atoms with Crippen molar-refractivity contribution in [3.8, 4) is 0 Å². The first-order chi connectivity index (χ1) is 29.0. The van der Waals surface area contributed by atoms with Crippen LogP contribution in [0.5, 0.6) is 0 Å². The zero-order chi connectivity index (χ0) is 43.0. The summed E-state index contributed by atoms with van der Waals surface area (Å²) in [4.78, 5) is 37.9. The quantitative estimate of drug-likeness (QED) is 0.0263. The van der Waals surface area contributed by atoms with E-state index in [4.69, 9.17) is 14.2 Å². The van der Waals surface area contributed by atoms with Crippen LogP contribution < -0.4 is 0 Å². The molecule has 6 nitrogen and oxygen atoms in total. The minimum absolute atomic E-state index is 0.0745. The molecule has 0 spiro atoms. The van der Waals surface area contributed by atoms with Gasteiger partial charge in [0.15, 0.2) is 6.10 Å². The second-order valence-electron chi connectivity index (χ2n) is 17.1. The lowest BCUT2D eigenvalue weighted by Crippen LogP contribution is -2.30. The van der Waals surface area contributed by atoms with Gasteiger partial charge in [-0.15, -0.1) is 0 Å². The first-order valence-corrected chi connectivity index (χ1v) is 25.5. The summed E-state index contributed by atoms with van der Waals surface area (Å²) < 4.78 is 16.8. The molecular weight excluding hydrogens is 733 g/mol. The van der Waals surface area contributed by atoms with Crippen molar-refractivity contribution in [1.29, 1.82) is 0 Å². The van der Waals surface area contributed by atoms with Crippen LogP contribution in [0.25, 0.3) is 0 Å². The Hall–Kier alpha value is -2.37. The highest BCUT2D eigenvalue weighted by Crippen LogP contribution is 2.16. The van der Waals surface area contributed by atoms with E-state index in [0.717, 1.165) is 83.5 Å². The molecule has 0 aromatic rings. The van der Waals surface area contributed by atoms with Gasteiger partial charge in [0.1, 0.15) is 13.2 Å². The topological polar surface area (TPSA) is 78.9 Å². The molecule has 0 aliphatic rings. The molecule has 0 amide bonds. The summed E-state index contributed by atoms with van der Waals surface area (Å²) in [5.41, 5.74) is 0. The zero-order valence-electron chi connectivity index (χ0n) is 39.3. The van der Waals surface area contributed by atoms with E-state index in [9.17, 15) is 14.4 Å². The van der Waals surface area contributed by atoms with Gasteiger partial charge in [0.2, 0.25) is 0 Å². The average Bonchev–Trinajstić information content (AvgIpc) is 3.23. The van der Waals surface area contributed by atoms with Crippen LogP contribution in [0.15, 0.2) is 36.5 Å². The number of allylic oxidation sites excluding steroid dienone is 6. The van der Waals surface area contributed by atoms with Gasteiger partial charge in [-0.2, -0.15) is 0 Å². The van der Waals surface area contributed by atoms with Crippen molar-refractivity contribution in [3.63, 3.8) is 0 Å². The Labute approximate surface area is 365 Å². The van der Waals surface area contributed by atoms with E-state index >= 15 is 0 Å². The summed E-state index contributed by atoms with van der Waals surface area (Å²) in [6, 6.07) is 0. The predicted molar refractivity (Wildman–Crippen MR) is 252 cm³/mol. The van der Waals surface area contributed by atoms with Gasteiger partial charge in [0, 0.05) is 19.3 Å². The molecule has 0 rings (SSSR count). The first kappa shape index (κ1) is 56.6. The van der Waals surface area contributed by atoms with Crippen molar-refractivity contribution in [1.82, 2.24) is 0 Å². The average molecular weight is 829 g/mol. The monoisotopic (exact) mass is 829 g/mol. The number of ether oxygens (including phenoxy) is 3.